The van der Waals surface area contributed by atoms with Crippen LogP contribution in [0.3, 0.4) is 0 Å². The van der Waals surface area contributed by atoms with Gasteiger partial charge < -0.3 is 14.3 Å². The van der Waals surface area contributed by atoms with Gasteiger partial charge in [0.15, 0.2) is 0 Å². The van der Waals surface area contributed by atoms with Crippen LogP contribution >= 0.6 is 0 Å². The number of nitrogens with zero attached hydrogens (tertiary/aromatic N) is 1. The zero-order chi connectivity index (χ0) is 36.3. The summed E-state index contributed by atoms with van der Waals surface area (Å²) in [5, 5.41) is 8.43. The van der Waals surface area contributed by atoms with Crippen molar-refractivity contribution in [1.29, 1.82) is 0 Å². The molecule has 2 aromatic heterocycles. The summed E-state index contributed by atoms with van der Waals surface area (Å²) < 4.78 is 8.79. The molecule has 0 bridgehead atoms. The molecule has 3 nitrogen and oxygen atoms in total. The summed E-state index contributed by atoms with van der Waals surface area (Å²) in [4.78, 5) is 0. The van der Waals surface area contributed by atoms with Crippen molar-refractivity contribution in [1.82, 2.24) is 4.57 Å². The van der Waals surface area contributed by atoms with E-state index in [1.54, 1.807) is 0 Å². The Hall–Kier alpha value is -7.10. The molecule has 0 saturated heterocycles. The molecule has 11 rings (SSSR count). The van der Waals surface area contributed by atoms with E-state index in [1.165, 1.54) is 72.0 Å². The molecule has 10 aromatic rings. The third-order valence-electron chi connectivity index (χ3n) is 11.3. The van der Waals surface area contributed by atoms with E-state index >= 15 is 0 Å². The number of furan rings is 1. The smallest absolute Gasteiger partial charge is 0.136 e. The summed E-state index contributed by atoms with van der Waals surface area (Å²) in [5.74, 6) is 0. The van der Waals surface area contributed by atoms with Crippen LogP contribution in [-0.4, -0.2) is 4.57 Å². The molecular formula is C52H36N2O. The van der Waals surface area contributed by atoms with E-state index in [1.807, 2.05) is 18.2 Å². The first-order valence-electron chi connectivity index (χ1n) is 19.1. The minimum Gasteiger partial charge on any atom is -0.456 e. The maximum absolute atomic E-state index is 6.31. The molecule has 0 aliphatic heterocycles. The molecule has 0 radical (unpaired) electrons. The highest BCUT2D eigenvalue weighted by Gasteiger charge is 2.21. The third kappa shape index (κ3) is 5.27. The SMILES string of the molecule is C1=Cc2c(-c3ccc4c(c3)oc3ccccc34)ccc(-n3c4ccccc4c4cc(-c5ccc(-c6ccccc6Nc6ccccc6)cc5)ccc43)c2CC1. The Morgan fingerprint density at radius 1 is 0.473 bits per heavy atom. The number of benzene rings is 8. The summed E-state index contributed by atoms with van der Waals surface area (Å²) in [6, 6.07) is 63.2. The van der Waals surface area contributed by atoms with Crippen LogP contribution in [0.1, 0.15) is 17.5 Å². The van der Waals surface area contributed by atoms with Gasteiger partial charge in [-0.15, -0.1) is 0 Å². The molecule has 1 N–H and O–H groups in total. The predicted molar refractivity (Wildman–Crippen MR) is 231 cm³/mol. The third-order valence-corrected chi connectivity index (χ3v) is 11.3. The second-order valence-electron chi connectivity index (χ2n) is 14.5. The Bertz CT molecular complexity index is 3110. The number of aromatic nitrogens is 1. The van der Waals surface area contributed by atoms with Crippen molar-refractivity contribution in [2.24, 2.45) is 0 Å². The molecule has 3 heteroatoms. The van der Waals surface area contributed by atoms with Crippen molar-refractivity contribution in [3.8, 4) is 39.1 Å². The van der Waals surface area contributed by atoms with Gasteiger partial charge in [0.1, 0.15) is 11.2 Å². The van der Waals surface area contributed by atoms with Gasteiger partial charge in [-0.25, -0.2) is 0 Å². The summed E-state index contributed by atoms with van der Waals surface area (Å²) in [6.45, 7) is 0. The molecule has 0 saturated carbocycles. The molecule has 1 aliphatic carbocycles. The van der Waals surface area contributed by atoms with Crippen LogP contribution in [0.15, 0.2) is 186 Å². The zero-order valence-electron chi connectivity index (χ0n) is 30.2. The monoisotopic (exact) mass is 704 g/mol. The van der Waals surface area contributed by atoms with E-state index in [-0.39, 0.29) is 0 Å². The van der Waals surface area contributed by atoms with Gasteiger partial charge in [-0.05, 0) is 112 Å². The standard InChI is InChI=1S/C52H36N2O/c1-2-12-38(13-3-1)53-47-19-9-6-14-40(47)35-24-22-34(23-25-35)36-27-30-50-46(32-36)43-17-7-10-20-48(43)54(50)49-31-29-39(41-15-4-5-16-42(41)49)37-26-28-45-44-18-8-11-21-51(44)55-52(45)33-37/h1-4,6-15,17-33,53H,5,16H2. The first kappa shape index (κ1) is 31.4. The van der Waals surface area contributed by atoms with Gasteiger partial charge in [0.2, 0.25) is 0 Å². The van der Waals surface area contributed by atoms with Gasteiger partial charge in [0, 0.05) is 38.5 Å². The molecule has 0 spiro atoms. The van der Waals surface area contributed by atoms with Crippen LogP contribution in [0.4, 0.5) is 11.4 Å². The van der Waals surface area contributed by atoms with Gasteiger partial charge in [-0.1, -0.05) is 127 Å². The van der Waals surface area contributed by atoms with Crippen LogP contribution in [0.2, 0.25) is 0 Å². The van der Waals surface area contributed by atoms with E-state index < -0.39 is 0 Å². The molecule has 0 atom stereocenters. The summed E-state index contributed by atoms with van der Waals surface area (Å²) >= 11 is 0. The van der Waals surface area contributed by atoms with E-state index in [4.69, 9.17) is 4.42 Å². The lowest BCUT2D eigenvalue weighted by atomic mass is 9.88. The quantitative estimate of drug-likeness (QED) is 0.187. The first-order chi connectivity index (χ1) is 27.3. The van der Waals surface area contributed by atoms with Crippen molar-refractivity contribution < 1.29 is 4.42 Å². The number of para-hydroxylation sites is 4. The van der Waals surface area contributed by atoms with Gasteiger partial charge in [-0.3, -0.25) is 0 Å². The lowest BCUT2D eigenvalue weighted by Gasteiger charge is -2.21. The number of nitrogens with one attached hydrogen (secondary N) is 1. The van der Waals surface area contributed by atoms with Crippen molar-refractivity contribution in [2.45, 2.75) is 12.8 Å². The lowest BCUT2D eigenvalue weighted by Crippen LogP contribution is -2.05. The number of anilines is 2. The Balaban J connectivity index is 0.989. The molecule has 1 aliphatic rings. The van der Waals surface area contributed by atoms with E-state index in [0.29, 0.717) is 0 Å². The fourth-order valence-corrected chi connectivity index (χ4v) is 8.66. The highest BCUT2D eigenvalue weighted by Crippen LogP contribution is 2.41. The van der Waals surface area contributed by atoms with Crippen LogP contribution < -0.4 is 5.32 Å². The largest absolute Gasteiger partial charge is 0.456 e. The molecule has 8 aromatic carbocycles. The van der Waals surface area contributed by atoms with E-state index in [0.717, 1.165) is 46.2 Å². The second-order valence-corrected chi connectivity index (χ2v) is 14.5. The minimum absolute atomic E-state index is 0.925. The van der Waals surface area contributed by atoms with Gasteiger partial charge in [-0.2, -0.15) is 0 Å². The van der Waals surface area contributed by atoms with Crippen LogP contribution in [0.5, 0.6) is 0 Å². The van der Waals surface area contributed by atoms with Crippen LogP contribution in [-0.2, 0) is 6.42 Å². The summed E-state index contributed by atoms with van der Waals surface area (Å²) in [6.07, 6.45) is 6.66. The highest BCUT2D eigenvalue weighted by atomic mass is 16.3. The van der Waals surface area contributed by atoms with Gasteiger partial charge in [0.05, 0.1) is 16.7 Å². The maximum Gasteiger partial charge on any atom is 0.136 e. The second kappa shape index (κ2) is 12.8. The van der Waals surface area contributed by atoms with Gasteiger partial charge in [0.25, 0.3) is 0 Å². The predicted octanol–water partition coefficient (Wildman–Crippen LogP) is 14.4. The minimum atomic E-state index is 0.925. The van der Waals surface area contributed by atoms with Gasteiger partial charge >= 0.3 is 0 Å². The Morgan fingerprint density at radius 3 is 2.09 bits per heavy atom. The molecule has 0 unspecified atom stereocenters. The Kier molecular flexibility index (Phi) is 7.31. The van der Waals surface area contributed by atoms with Crippen LogP contribution in [0.25, 0.3) is 88.9 Å². The van der Waals surface area contributed by atoms with E-state index in [2.05, 4.69) is 180 Å². The number of hydrogen-bond acceptors (Lipinski definition) is 2. The number of rotatable bonds is 6. The lowest BCUT2D eigenvalue weighted by molar-refractivity contribution is 0.669. The fraction of sp³-hybridized carbons (Fsp3) is 0.0385. The van der Waals surface area contributed by atoms with Crippen molar-refractivity contribution in [2.75, 3.05) is 5.32 Å². The van der Waals surface area contributed by atoms with E-state index in [9.17, 15) is 0 Å². The Morgan fingerprint density at radius 2 is 1.18 bits per heavy atom. The number of fused-ring (bicyclic) bond motifs is 7. The normalized spacial score (nSPS) is 12.5. The molecule has 2 heterocycles. The number of hydrogen-bond donors (Lipinski definition) is 1. The molecule has 260 valence electrons. The average Bonchev–Trinajstić information content (AvgIpc) is 3.79. The van der Waals surface area contributed by atoms with Crippen molar-refractivity contribution in [3.05, 3.63) is 193 Å². The maximum atomic E-state index is 6.31. The molecular weight excluding hydrogens is 669 g/mol. The molecule has 0 amide bonds. The average molecular weight is 705 g/mol. The highest BCUT2D eigenvalue weighted by molar-refractivity contribution is 6.11. The molecule has 55 heavy (non-hydrogen) atoms. The molecule has 0 fully saturated rings. The summed E-state index contributed by atoms with van der Waals surface area (Å²) in [5.41, 5.74) is 17.6. The first-order valence-corrected chi connectivity index (χ1v) is 19.1. The fourth-order valence-electron chi connectivity index (χ4n) is 8.66. The Labute approximate surface area is 319 Å². The summed E-state index contributed by atoms with van der Waals surface area (Å²) in [7, 11) is 0. The zero-order valence-corrected chi connectivity index (χ0v) is 30.2. The number of allylic oxidation sites excluding steroid dienone is 1. The topological polar surface area (TPSA) is 30.1 Å². The van der Waals surface area contributed by atoms with Crippen LogP contribution in [0, 0.1) is 0 Å². The van der Waals surface area contributed by atoms with Crippen molar-refractivity contribution in [3.63, 3.8) is 0 Å². The van der Waals surface area contributed by atoms with Crippen molar-refractivity contribution >= 4 is 61.2 Å².